The van der Waals surface area contributed by atoms with Crippen molar-refractivity contribution in [3.8, 4) is 0 Å². The summed E-state index contributed by atoms with van der Waals surface area (Å²) in [5.41, 5.74) is -0.208. The molecule has 0 N–H and O–H groups in total. The Morgan fingerprint density at radius 2 is 2.13 bits per heavy atom. The molecule has 0 unspecified atom stereocenters. The molecule has 0 aliphatic rings. The summed E-state index contributed by atoms with van der Waals surface area (Å²) in [7, 11) is 0. The zero-order chi connectivity index (χ0) is 10.8. The van der Waals surface area contributed by atoms with E-state index in [0.717, 1.165) is 16.8 Å². The van der Waals surface area contributed by atoms with Gasteiger partial charge in [0.2, 0.25) is 0 Å². The van der Waals surface area contributed by atoms with Gasteiger partial charge < -0.3 is 0 Å². The highest BCUT2D eigenvalue weighted by molar-refractivity contribution is 5.95. The van der Waals surface area contributed by atoms with E-state index in [1.54, 1.807) is 6.07 Å². The van der Waals surface area contributed by atoms with Gasteiger partial charge in [-0.2, -0.15) is 5.10 Å². The molecule has 1 heterocycles. The van der Waals surface area contributed by atoms with Crippen LogP contribution in [0.4, 0.5) is 8.78 Å². The van der Waals surface area contributed by atoms with Gasteiger partial charge in [0.25, 0.3) is 5.91 Å². The summed E-state index contributed by atoms with van der Waals surface area (Å²) in [6.07, 6.45) is 2.80. The fraction of sp³-hybridized carbons (Fsp3) is 0. The molecule has 0 radical (unpaired) electrons. The van der Waals surface area contributed by atoms with Crippen molar-refractivity contribution in [3.63, 3.8) is 0 Å². The molecule has 0 amide bonds. The third kappa shape index (κ3) is 1.76. The molecule has 5 heteroatoms. The van der Waals surface area contributed by atoms with Crippen molar-refractivity contribution in [1.29, 1.82) is 0 Å². The van der Waals surface area contributed by atoms with Gasteiger partial charge in [-0.15, -0.1) is 0 Å². The first kappa shape index (κ1) is 9.51. The largest absolute Gasteiger partial charge is 0.281 e. The first-order valence-corrected chi connectivity index (χ1v) is 4.18. The molecule has 15 heavy (non-hydrogen) atoms. The second-order valence-corrected chi connectivity index (χ2v) is 2.88. The fourth-order valence-electron chi connectivity index (χ4n) is 1.18. The van der Waals surface area contributed by atoms with E-state index in [4.69, 9.17) is 0 Å². The van der Waals surface area contributed by atoms with Crippen LogP contribution in [0.25, 0.3) is 0 Å². The Hall–Kier alpha value is -2.04. The normalized spacial score (nSPS) is 10.3. The van der Waals surface area contributed by atoms with Crippen molar-refractivity contribution in [1.82, 2.24) is 9.78 Å². The van der Waals surface area contributed by atoms with Crippen molar-refractivity contribution in [2.24, 2.45) is 0 Å². The highest BCUT2D eigenvalue weighted by Gasteiger charge is 2.14. The molecule has 3 nitrogen and oxygen atoms in total. The highest BCUT2D eigenvalue weighted by Crippen LogP contribution is 2.10. The van der Waals surface area contributed by atoms with Gasteiger partial charge in [0.1, 0.15) is 11.6 Å². The van der Waals surface area contributed by atoms with Gasteiger partial charge in [-0.25, -0.2) is 13.5 Å². The van der Waals surface area contributed by atoms with Crippen LogP contribution in [-0.2, 0) is 0 Å². The molecule has 0 fully saturated rings. The Kier molecular flexibility index (Phi) is 2.29. The molecule has 0 atom stereocenters. The summed E-state index contributed by atoms with van der Waals surface area (Å²) in [6.45, 7) is 0. The topological polar surface area (TPSA) is 34.9 Å². The number of halogens is 2. The lowest BCUT2D eigenvalue weighted by atomic mass is 10.2. The fourth-order valence-corrected chi connectivity index (χ4v) is 1.18. The van der Waals surface area contributed by atoms with Crippen LogP contribution < -0.4 is 0 Å². The molecule has 0 aliphatic carbocycles. The molecule has 1 aromatic carbocycles. The predicted octanol–water partition coefficient (Wildman–Crippen LogP) is 1.85. The van der Waals surface area contributed by atoms with Crippen LogP contribution in [0.5, 0.6) is 0 Å². The Labute approximate surface area is 84.0 Å². The summed E-state index contributed by atoms with van der Waals surface area (Å²) < 4.78 is 26.8. The average Bonchev–Trinajstić information content (AvgIpc) is 2.69. The van der Waals surface area contributed by atoms with Gasteiger partial charge >= 0.3 is 0 Å². The van der Waals surface area contributed by atoms with Crippen LogP contribution in [0.15, 0.2) is 36.7 Å². The second kappa shape index (κ2) is 3.61. The van der Waals surface area contributed by atoms with Crippen molar-refractivity contribution >= 4 is 5.91 Å². The molecular formula is C10H6F2N2O. The van der Waals surface area contributed by atoms with Crippen molar-refractivity contribution in [3.05, 3.63) is 53.9 Å². The second-order valence-electron chi connectivity index (χ2n) is 2.88. The minimum atomic E-state index is -0.893. The Bertz CT molecular complexity index is 494. The molecule has 0 spiro atoms. The Morgan fingerprint density at radius 1 is 1.33 bits per heavy atom. The van der Waals surface area contributed by atoms with Crippen LogP contribution in [0.3, 0.4) is 0 Å². The van der Waals surface area contributed by atoms with Gasteiger partial charge in [0, 0.05) is 18.5 Å². The number of hydrogen-bond donors (Lipinski definition) is 0. The quantitative estimate of drug-likeness (QED) is 0.716. The van der Waals surface area contributed by atoms with E-state index in [2.05, 4.69) is 5.10 Å². The van der Waals surface area contributed by atoms with Crippen LogP contribution in [0.1, 0.15) is 10.4 Å². The maximum Gasteiger partial charge on any atom is 0.281 e. The van der Waals surface area contributed by atoms with E-state index in [1.165, 1.54) is 12.4 Å². The van der Waals surface area contributed by atoms with Crippen molar-refractivity contribution in [2.75, 3.05) is 0 Å². The van der Waals surface area contributed by atoms with E-state index in [9.17, 15) is 13.6 Å². The number of benzene rings is 1. The lowest BCUT2D eigenvalue weighted by molar-refractivity contribution is 0.0941. The summed E-state index contributed by atoms with van der Waals surface area (Å²) in [5, 5.41) is 3.66. The van der Waals surface area contributed by atoms with Gasteiger partial charge in [-0.1, -0.05) is 0 Å². The third-order valence-corrected chi connectivity index (χ3v) is 1.87. The summed E-state index contributed by atoms with van der Waals surface area (Å²) in [6, 6.07) is 4.32. The summed E-state index contributed by atoms with van der Waals surface area (Å²) in [5.74, 6) is -2.24. The highest BCUT2D eigenvalue weighted by atomic mass is 19.1. The molecule has 0 bridgehead atoms. The molecule has 0 saturated carbocycles. The number of hydrogen-bond acceptors (Lipinski definition) is 2. The monoisotopic (exact) mass is 208 g/mol. The minimum absolute atomic E-state index is 0.208. The third-order valence-electron chi connectivity index (χ3n) is 1.87. The maximum absolute atomic E-state index is 13.2. The number of aromatic nitrogens is 2. The Morgan fingerprint density at radius 3 is 2.73 bits per heavy atom. The van der Waals surface area contributed by atoms with E-state index in [-0.39, 0.29) is 5.56 Å². The van der Waals surface area contributed by atoms with Gasteiger partial charge in [-0.05, 0) is 18.2 Å². The van der Waals surface area contributed by atoms with Gasteiger partial charge in [0.15, 0.2) is 0 Å². The van der Waals surface area contributed by atoms with Crippen LogP contribution in [0, 0.1) is 11.6 Å². The van der Waals surface area contributed by atoms with E-state index in [0.29, 0.717) is 6.07 Å². The molecule has 0 saturated heterocycles. The molecule has 76 valence electrons. The summed E-state index contributed by atoms with van der Waals surface area (Å²) in [4.78, 5) is 11.6. The molecular weight excluding hydrogens is 202 g/mol. The number of rotatable bonds is 1. The zero-order valence-corrected chi connectivity index (χ0v) is 7.52. The standard InChI is InChI=1S/C10H6F2N2O/c11-7-2-3-8(9(12)6-7)10(15)14-5-1-4-13-14/h1-6H. The average molecular weight is 208 g/mol. The smallest absolute Gasteiger partial charge is 0.267 e. The Balaban J connectivity index is 2.42. The maximum atomic E-state index is 13.2. The SMILES string of the molecule is O=C(c1ccc(F)cc1F)n1cccn1. The molecule has 1 aromatic heterocycles. The molecule has 2 aromatic rings. The number of carbonyl (C=O) groups is 1. The minimum Gasteiger partial charge on any atom is -0.267 e. The lowest BCUT2D eigenvalue weighted by Gasteiger charge is -2.01. The zero-order valence-electron chi connectivity index (χ0n) is 7.52. The van der Waals surface area contributed by atoms with Crippen molar-refractivity contribution < 1.29 is 13.6 Å². The van der Waals surface area contributed by atoms with Gasteiger partial charge in [0.05, 0.1) is 5.56 Å². The van der Waals surface area contributed by atoms with Crippen molar-refractivity contribution in [2.45, 2.75) is 0 Å². The first-order valence-electron chi connectivity index (χ1n) is 4.18. The van der Waals surface area contributed by atoms with E-state index in [1.807, 2.05) is 0 Å². The predicted molar refractivity (Wildman–Crippen MR) is 48.3 cm³/mol. The molecule has 0 aliphatic heterocycles. The van der Waals surface area contributed by atoms with Crippen LogP contribution in [-0.4, -0.2) is 15.7 Å². The van der Waals surface area contributed by atoms with Crippen LogP contribution in [0.2, 0.25) is 0 Å². The summed E-state index contributed by atoms with van der Waals surface area (Å²) >= 11 is 0. The molecule has 2 rings (SSSR count). The lowest BCUT2D eigenvalue weighted by Crippen LogP contribution is -2.14. The van der Waals surface area contributed by atoms with Gasteiger partial charge in [-0.3, -0.25) is 4.79 Å². The van der Waals surface area contributed by atoms with E-state index < -0.39 is 17.5 Å². The number of nitrogens with zero attached hydrogens (tertiary/aromatic N) is 2. The van der Waals surface area contributed by atoms with E-state index >= 15 is 0 Å². The number of carbonyl (C=O) groups excluding carboxylic acids is 1. The van der Waals surface area contributed by atoms with Crippen LogP contribution >= 0.6 is 0 Å². The first-order chi connectivity index (χ1) is 7.18.